The second-order valence-corrected chi connectivity index (χ2v) is 8.33. The van der Waals surface area contributed by atoms with Crippen LogP contribution in [0.15, 0.2) is 47.5 Å². The number of benzene rings is 2. The molecule has 4 rings (SSSR count). The number of fused-ring (bicyclic) bond motifs is 1. The molecule has 0 saturated carbocycles. The number of hydrogen-bond acceptors (Lipinski definition) is 4. The molecule has 1 atom stereocenters. The fraction of sp³-hybridized carbons (Fsp3) is 0.458. The van der Waals surface area contributed by atoms with Gasteiger partial charge in [0.2, 0.25) is 0 Å². The van der Waals surface area contributed by atoms with Crippen LogP contribution in [0.2, 0.25) is 5.02 Å². The first-order valence-corrected chi connectivity index (χ1v) is 11.3. The number of nitrogens with zero attached hydrogens (tertiary/aromatic N) is 2. The Hall–Kier alpha value is -1.71. The van der Waals surface area contributed by atoms with Gasteiger partial charge in [-0.1, -0.05) is 41.9 Å². The molecule has 1 fully saturated rings. The molecule has 0 aromatic heterocycles. The van der Waals surface area contributed by atoms with Crippen LogP contribution in [0.4, 0.5) is 0 Å². The highest BCUT2D eigenvalue weighted by molar-refractivity contribution is 14.0. The summed E-state index contributed by atoms with van der Waals surface area (Å²) < 4.78 is 17.2. The standard InChI is InChI=1S/C24H30ClN3O3.HI/c1-26-24(27-9-7-19-13-21(25)23-22(14-19)30-11-12-31-23)28-10-8-20(15-28)17-29-16-18-5-3-2-4-6-18;/h2-6,13-14,20H,7-12,15-17H2,1H3,(H,26,27);1H. The van der Waals surface area contributed by atoms with Crippen molar-refractivity contribution in [1.29, 1.82) is 0 Å². The first-order chi connectivity index (χ1) is 15.2. The zero-order valence-corrected chi connectivity index (χ0v) is 21.5. The molecule has 1 saturated heterocycles. The van der Waals surface area contributed by atoms with Crippen molar-refractivity contribution in [1.82, 2.24) is 10.2 Å². The minimum absolute atomic E-state index is 0. The van der Waals surface area contributed by atoms with Crippen LogP contribution in [0.3, 0.4) is 0 Å². The predicted octanol–water partition coefficient (Wildman–Crippen LogP) is 4.39. The van der Waals surface area contributed by atoms with Gasteiger partial charge in [0.25, 0.3) is 0 Å². The van der Waals surface area contributed by atoms with Crippen LogP contribution in [0, 0.1) is 5.92 Å². The fourth-order valence-corrected chi connectivity index (χ4v) is 4.33. The number of guanidine groups is 1. The molecule has 8 heteroatoms. The Bertz CT molecular complexity index is 898. The molecule has 174 valence electrons. The van der Waals surface area contributed by atoms with Crippen molar-refractivity contribution in [3.05, 3.63) is 58.6 Å². The van der Waals surface area contributed by atoms with Crippen LogP contribution in [-0.4, -0.2) is 57.4 Å². The van der Waals surface area contributed by atoms with E-state index in [0.29, 0.717) is 36.5 Å². The van der Waals surface area contributed by atoms with Gasteiger partial charge in [-0.3, -0.25) is 4.99 Å². The summed E-state index contributed by atoms with van der Waals surface area (Å²) in [6.07, 6.45) is 1.94. The van der Waals surface area contributed by atoms with E-state index in [4.69, 9.17) is 25.8 Å². The maximum absolute atomic E-state index is 6.35. The molecule has 2 heterocycles. The molecular formula is C24H31ClIN3O3. The van der Waals surface area contributed by atoms with Crippen molar-refractivity contribution < 1.29 is 14.2 Å². The zero-order valence-electron chi connectivity index (χ0n) is 18.4. The van der Waals surface area contributed by atoms with Crippen molar-refractivity contribution in [3.8, 4) is 11.5 Å². The molecule has 0 bridgehead atoms. The highest BCUT2D eigenvalue weighted by Crippen LogP contribution is 2.38. The topological polar surface area (TPSA) is 55.3 Å². The second-order valence-electron chi connectivity index (χ2n) is 7.93. The molecular weight excluding hydrogens is 541 g/mol. The quantitative estimate of drug-likeness (QED) is 0.304. The molecule has 2 aromatic rings. The van der Waals surface area contributed by atoms with Gasteiger partial charge in [-0.2, -0.15) is 0 Å². The Balaban J connectivity index is 0.00000289. The fourth-order valence-electron chi connectivity index (χ4n) is 4.04. The van der Waals surface area contributed by atoms with E-state index < -0.39 is 0 Å². The molecule has 6 nitrogen and oxygen atoms in total. The van der Waals surface area contributed by atoms with Crippen molar-refractivity contribution in [2.24, 2.45) is 10.9 Å². The lowest BCUT2D eigenvalue weighted by molar-refractivity contribution is 0.0907. The second kappa shape index (κ2) is 12.5. The van der Waals surface area contributed by atoms with E-state index in [0.717, 1.165) is 56.4 Å². The molecule has 0 spiro atoms. The monoisotopic (exact) mass is 571 g/mol. The van der Waals surface area contributed by atoms with Gasteiger partial charge >= 0.3 is 0 Å². The molecule has 0 aliphatic carbocycles. The molecule has 32 heavy (non-hydrogen) atoms. The van der Waals surface area contributed by atoms with E-state index in [1.807, 2.05) is 37.4 Å². The summed E-state index contributed by atoms with van der Waals surface area (Å²) in [4.78, 5) is 6.78. The van der Waals surface area contributed by atoms with Gasteiger partial charge < -0.3 is 24.4 Å². The predicted molar refractivity (Wildman–Crippen MR) is 139 cm³/mol. The third kappa shape index (κ3) is 6.65. The van der Waals surface area contributed by atoms with E-state index in [1.165, 1.54) is 5.56 Å². The number of aliphatic imine (C=N–C) groups is 1. The van der Waals surface area contributed by atoms with E-state index in [1.54, 1.807) is 0 Å². The van der Waals surface area contributed by atoms with E-state index in [9.17, 15) is 0 Å². The molecule has 0 amide bonds. The van der Waals surface area contributed by atoms with Gasteiger partial charge in [0, 0.05) is 32.6 Å². The lowest BCUT2D eigenvalue weighted by Gasteiger charge is -2.22. The summed E-state index contributed by atoms with van der Waals surface area (Å²) in [6, 6.07) is 14.3. The van der Waals surface area contributed by atoms with E-state index >= 15 is 0 Å². The third-order valence-electron chi connectivity index (χ3n) is 5.62. The molecule has 2 aliphatic rings. The van der Waals surface area contributed by atoms with E-state index in [-0.39, 0.29) is 24.0 Å². The van der Waals surface area contributed by atoms with E-state index in [2.05, 4.69) is 27.3 Å². The Kier molecular flexibility index (Phi) is 9.74. The van der Waals surface area contributed by atoms with Crippen molar-refractivity contribution in [2.45, 2.75) is 19.4 Å². The summed E-state index contributed by atoms with van der Waals surface area (Å²) in [5, 5.41) is 4.09. The molecule has 0 radical (unpaired) electrons. The first kappa shape index (κ1) is 24.9. The Morgan fingerprint density at radius 2 is 2.00 bits per heavy atom. The van der Waals surface area contributed by atoms with Gasteiger partial charge in [-0.05, 0) is 36.1 Å². The maximum Gasteiger partial charge on any atom is 0.193 e. The average Bonchev–Trinajstić information content (AvgIpc) is 3.26. The lowest BCUT2D eigenvalue weighted by Crippen LogP contribution is -2.41. The van der Waals surface area contributed by atoms with Gasteiger partial charge in [0.1, 0.15) is 13.2 Å². The Morgan fingerprint density at radius 3 is 2.81 bits per heavy atom. The highest BCUT2D eigenvalue weighted by Gasteiger charge is 2.25. The van der Waals surface area contributed by atoms with Crippen molar-refractivity contribution in [2.75, 3.05) is 46.5 Å². The zero-order chi connectivity index (χ0) is 21.5. The number of ether oxygens (including phenoxy) is 3. The minimum Gasteiger partial charge on any atom is -0.486 e. The van der Waals surface area contributed by atoms with Crippen molar-refractivity contribution in [3.63, 3.8) is 0 Å². The number of likely N-dealkylation sites (tertiary alicyclic amines) is 1. The minimum atomic E-state index is 0. The lowest BCUT2D eigenvalue weighted by atomic mass is 10.1. The number of halogens is 2. The normalized spacial score (nSPS) is 17.8. The van der Waals surface area contributed by atoms with Crippen LogP contribution in [0.25, 0.3) is 0 Å². The Morgan fingerprint density at radius 1 is 1.19 bits per heavy atom. The van der Waals surface area contributed by atoms with Gasteiger partial charge in [0.05, 0.1) is 18.2 Å². The average molecular weight is 572 g/mol. The third-order valence-corrected chi connectivity index (χ3v) is 5.90. The molecule has 1 N–H and O–H groups in total. The Labute approximate surface area is 212 Å². The smallest absolute Gasteiger partial charge is 0.193 e. The SMILES string of the molecule is CN=C(NCCc1cc(Cl)c2c(c1)OCCO2)N1CCC(COCc2ccccc2)C1.I. The highest BCUT2D eigenvalue weighted by atomic mass is 127. The summed E-state index contributed by atoms with van der Waals surface area (Å²) >= 11 is 6.35. The van der Waals surface area contributed by atoms with Gasteiger partial charge in [-0.25, -0.2) is 0 Å². The summed E-state index contributed by atoms with van der Waals surface area (Å²) in [7, 11) is 1.84. The van der Waals surface area contributed by atoms with Crippen LogP contribution in [0.1, 0.15) is 17.5 Å². The molecule has 2 aromatic carbocycles. The summed E-state index contributed by atoms with van der Waals surface area (Å²) in [6.45, 7) is 5.27. The van der Waals surface area contributed by atoms with Crippen LogP contribution in [0.5, 0.6) is 11.5 Å². The van der Waals surface area contributed by atoms with Crippen LogP contribution >= 0.6 is 35.6 Å². The number of hydrogen-bond donors (Lipinski definition) is 1. The number of nitrogens with one attached hydrogen (secondary N) is 1. The summed E-state index contributed by atoms with van der Waals surface area (Å²) in [5.74, 6) is 2.85. The largest absolute Gasteiger partial charge is 0.486 e. The molecule has 1 unspecified atom stereocenters. The van der Waals surface area contributed by atoms with Gasteiger partial charge in [-0.15, -0.1) is 24.0 Å². The molecule has 2 aliphatic heterocycles. The van der Waals surface area contributed by atoms with Crippen LogP contribution in [-0.2, 0) is 17.8 Å². The van der Waals surface area contributed by atoms with Gasteiger partial charge in [0.15, 0.2) is 17.5 Å². The first-order valence-electron chi connectivity index (χ1n) is 10.9. The number of rotatable bonds is 7. The maximum atomic E-state index is 6.35. The van der Waals surface area contributed by atoms with Crippen molar-refractivity contribution >= 4 is 41.5 Å². The van der Waals surface area contributed by atoms with Crippen LogP contribution < -0.4 is 14.8 Å². The summed E-state index contributed by atoms with van der Waals surface area (Å²) in [5.41, 5.74) is 2.33.